The second-order valence-electron chi connectivity index (χ2n) is 5.65. The Bertz CT molecular complexity index is 1050. The van der Waals surface area contributed by atoms with Gasteiger partial charge in [0.15, 0.2) is 23.1 Å². The quantitative estimate of drug-likeness (QED) is 0.774. The fraction of sp³-hybridized carbons (Fsp3) is 0.158. The third-order valence-electron chi connectivity index (χ3n) is 4.02. The van der Waals surface area contributed by atoms with Crippen LogP contribution in [-0.2, 0) is 0 Å². The molecule has 3 aromatic rings. The van der Waals surface area contributed by atoms with Crippen molar-refractivity contribution < 1.29 is 18.6 Å². The molecule has 0 fully saturated rings. The molecule has 0 saturated heterocycles. The van der Waals surface area contributed by atoms with Gasteiger partial charge in [-0.3, -0.25) is 0 Å². The molecule has 0 atom stereocenters. The predicted molar refractivity (Wildman–Crippen MR) is 93.7 cm³/mol. The van der Waals surface area contributed by atoms with E-state index in [0.29, 0.717) is 41.3 Å². The van der Waals surface area contributed by atoms with Crippen molar-refractivity contribution >= 4 is 22.3 Å². The van der Waals surface area contributed by atoms with E-state index < -0.39 is 5.82 Å². The molecule has 130 valence electrons. The molecular formula is C19H14FN3O3. The fourth-order valence-electron chi connectivity index (χ4n) is 2.82. The van der Waals surface area contributed by atoms with Crippen molar-refractivity contribution in [2.45, 2.75) is 0 Å². The zero-order valence-electron chi connectivity index (χ0n) is 13.9. The van der Waals surface area contributed by atoms with Crippen LogP contribution in [-0.4, -0.2) is 25.3 Å². The SMILES string of the molecule is COc1cc2c(Nc3ccc4c(c3)OCCO4)cc(C#N)nc2cc1F. The van der Waals surface area contributed by atoms with Crippen LogP contribution in [0.2, 0.25) is 0 Å². The van der Waals surface area contributed by atoms with E-state index in [1.54, 1.807) is 12.1 Å². The number of hydrogen-bond acceptors (Lipinski definition) is 6. The Balaban J connectivity index is 1.81. The smallest absolute Gasteiger partial charge is 0.167 e. The largest absolute Gasteiger partial charge is 0.494 e. The number of fused-ring (bicyclic) bond motifs is 2. The number of nitrogens with one attached hydrogen (secondary N) is 1. The number of anilines is 2. The number of hydrogen-bond donors (Lipinski definition) is 1. The van der Waals surface area contributed by atoms with Crippen molar-refractivity contribution in [3.63, 3.8) is 0 Å². The van der Waals surface area contributed by atoms with Crippen molar-refractivity contribution in [1.82, 2.24) is 4.98 Å². The van der Waals surface area contributed by atoms with Crippen molar-refractivity contribution in [2.24, 2.45) is 0 Å². The zero-order chi connectivity index (χ0) is 18.1. The Hall–Kier alpha value is -3.53. The monoisotopic (exact) mass is 351 g/mol. The van der Waals surface area contributed by atoms with Crippen LogP contribution in [0.5, 0.6) is 17.2 Å². The van der Waals surface area contributed by atoms with E-state index in [0.717, 1.165) is 5.69 Å². The van der Waals surface area contributed by atoms with Crippen LogP contribution in [0.4, 0.5) is 15.8 Å². The van der Waals surface area contributed by atoms with Crippen molar-refractivity contribution in [3.05, 3.63) is 47.9 Å². The number of pyridine rings is 1. The normalized spacial score (nSPS) is 12.5. The van der Waals surface area contributed by atoms with E-state index in [1.165, 1.54) is 13.2 Å². The molecule has 0 amide bonds. The first-order valence-corrected chi connectivity index (χ1v) is 7.93. The first-order chi connectivity index (χ1) is 12.7. The molecular weight excluding hydrogens is 337 g/mol. The van der Waals surface area contributed by atoms with Gasteiger partial charge in [0.05, 0.1) is 18.3 Å². The molecule has 4 rings (SSSR count). The van der Waals surface area contributed by atoms with Crippen molar-refractivity contribution in [3.8, 4) is 23.3 Å². The number of nitrogens with zero attached hydrogens (tertiary/aromatic N) is 2. The first-order valence-electron chi connectivity index (χ1n) is 7.93. The third-order valence-corrected chi connectivity index (χ3v) is 4.02. The van der Waals surface area contributed by atoms with Crippen LogP contribution in [0.25, 0.3) is 10.9 Å². The molecule has 0 radical (unpaired) electrons. The highest BCUT2D eigenvalue weighted by atomic mass is 19.1. The second kappa shape index (κ2) is 6.41. The molecule has 0 unspecified atom stereocenters. The summed E-state index contributed by atoms with van der Waals surface area (Å²) < 4.78 is 30.2. The second-order valence-corrected chi connectivity index (χ2v) is 5.65. The molecule has 0 saturated carbocycles. The van der Waals surface area contributed by atoms with E-state index in [-0.39, 0.29) is 11.4 Å². The molecule has 0 spiro atoms. The summed E-state index contributed by atoms with van der Waals surface area (Å²) in [4.78, 5) is 4.16. The number of methoxy groups -OCH3 is 1. The van der Waals surface area contributed by atoms with Crippen LogP contribution in [0.15, 0.2) is 36.4 Å². The van der Waals surface area contributed by atoms with Gasteiger partial charge in [0.25, 0.3) is 0 Å². The summed E-state index contributed by atoms with van der Waals surface area (Å²) in [5, 5.41) is 13.1. The predicted octanol–water partition coefficient (Wildman–Crippen LogP) is 3.77. The van der Waals surface area contributed by atoms with E-state index in [4.69, 9.17) is 14.2 Å². The van der Waals surface area contributed by atoms with E-state index in [2.05, 4.69) is 10.3 Å². The van der Waals surface area contributed by atoms with Crippen LogP contribution in [0, 0.1) is 17.1 Å². The van der Waals surface area contributed by atoms with Gasteiger partial charge in [-0.1, -0.05) is 0 Å². The number of halogens is 1. The van der Waals surface area contributed by atoms with Gasteiger partial charge in [-0.2, -0.15) is 5.26 Å². The van der Waals surface area contributed by atoms with Gasteiger partial charge in [0.2, 0.25) is 0 Å². The Morgan fingerprint density at radius 2 is 1.96 bits per heavy atom. The van der Waals surface area contributed by atoms with Gasteiger partial charge < -0.3 is 19.5 Å². The molecule has 6 nitrogen and oxygen atoms in total. The maximum Gasteiger partial charge on any atom is 0.167 e. The summed E-state index contributed by atoms with van der Waals surface area (Å²) >= 11 is 0. The standard InChI is InChI=1S/C19H14FN3O3/c1-24-18-8-13-15(6-12(10-21)23-16(13)9-14(18)20)22-11-2-3-17-19(7-11)26-5-4-25-17/h2-3,6-9H,4-5H2,1H3,(H,22,23). The molecule has 2 aromatic carbocycles. The summed E-state index contributed by atoms with van der Waals surface area (Å²) in [6.07, 6.45) is 0. The number of aromatic nitrogens is 1. The average molecular weight is 351 g/mol. The minimum absolute atomic E-state index is 0.106. The van der Waals surface area contributed by atoms with Crippen LogP contribution in [0.3, 0.4) is 0 Å². The summed E-state index contributed by atoms with van der Waals surface area (Å²) in [5.74, 6) is 0.897. The van der Waals surface area contributed by atoms with Crippen LogP contribution >= 0.6 is 0 Å². The van der Waals surface area contributed by atoms with Gasteiger partial charge in [0, 0.05) is 23.2 Å². The fourth-order valence-corrected chi connectivity index (χ4v) is 2.82. The molecule has 0 aliphatic carbocycles. The summed E-state index contributed by atoms with van der Waals surface area (Å²) in [7, 11) is 1.40. The van der Waals surface area contributed by atoms with Gasteiger partial charge in [-0.25, -0.2) is 9.37 Å². The maximum absolute atomic E-state index is 14.0. The van der Waals surface area contributed by atoms with Gasteiger partial charge in [0.1, 0.15) is 25.0 Å². The molecule has 1 aliphatic rings. The third kappa shape index (κ3) is 2.82. The van der Waals surface area contributed by atoms with Crippen LogP contribution in [0.1, 0.15) is 5.69 Å². The van der Waals surface area contributed by atoms with Gasteiger partial charge in [-0.05, 0) is 24.3 Å². The topological polar surface area (TPSA) is 76.4 Å². The Labute approximate surface area is 148 Å². The lowest BCUT2D eigenvalue weighted by molar-refractivity contribution is 0.171. The Morgan fingerprint density at radius 1 is 1.15 bits per heavy atom. The minimum Gasteiger partial charge on any atom is -0.494 e. The maximum atomic E-state index is 14.0. The van der Waals surface area contributed by atoms with Crippen molar-refractivity contribution in [1.29, 1.82) is 5.26 Å². The lowest BCUT2D eigenvalue weighted by Crippen LogP contribution is -2.15. The zero-order valence-corrected chi connectivity index (χ0v) is 13.9. The molecule has 0 bridgehead atoms. The number of rotatable bonds is 3. The highest BCUT2D eigenvalue weighted by molar-refractivity contribution is 5.94. The van der Waals surface area contributed by atoms with E-state index in [9.17, 15) is 9.65 Å². The summed E-state index contributed by atoms with van der Waals surface area (Å²) in [6.45, 7) is 1.01. The summed E-state index contributed by atoms with van der Waals surface area (Å²) in [6, 6.07) is 11.9. The minimum atomic E-state index is -0.534. The van der Waals surface area contributed by atoms with E-state index >= 15 is 0 Å². The Kier molecular flexibility index (Phi) is 3.93. The molecule has 7 heteroatoms. The molecule has 2 heterocycles. The van der Waals surface area contributed by atoms with Crippen LogP contribution < -0.4 is 19.5 Å². The van der Waals surface area contributed by atoms with Gasteiger partial charge in [-0.15, -0.1) is 0 Å². The number of nitriles is 1. The van der Waals surface area contributed by atoms with Crippen molar-refractivity contribution in [2.75, 3.05) is 25.6 Å². The first kappa shape index (κ1) is 16.0. The highest BCUT2D eigenvalue weighted by Crippen LogP contribution is 2.36. The Morgan fingerprint density at radius 3 is 2.73 bits per heavy atom. The molecule has 1 aliphatic heterocycles. The lowest BCUT2D eigenvalue weighted by Gasteiger charge is -2.19. The molecule has 1 N–H and O–H groups in total. The number of benzene rings is 2. The average Bonchev–Trinajstić information content (AvgIpc) is 2.67. The highest BCUT2D eigenvalue weighted by Gasteiger charge is 2.14. The number of ether oxygens (including phenoxy) is 3. The molecule has 26 heavy (non-hydrogen) atoms. The summed E-state index contributed by atoms with van der Waals surface area (Å²) in [5.41, 5.74) is 1.90. The van der Waals surface area contributed by atoms with Gasteiger partial charge >= 0.3 is 0 Å². The lowest BCUT2D eigenvalue weighted by atomic mass is 10.1. The molecule has 1 aromatic heterocycles. The van der Waals surface area contributed by atoms with E-state index in [1.807, 2.05) is 24.3 Å².